The lowest BCUT2D eigenvalue weighted by Gasteiger charge is -2.16. The molecule has 1 aliphatic rings. The molecule has 0 atom stereocenters. The van der Waals surface area contributed by atoms with Gasteiger partial charge in [0.1, 0.15) is 10.3 Å². The van der Waals surface area contributed by atoms with Crippen molar-refractivity contribution >= 4 is 33.5 Å². The number of benzene rings is 2. The summed E-state index contributed by atoms with van der Waals surface area (Å²) < 4.78 is 14.8. The summed E-state index contributed by atoms with van der Waals surface area (Å²) in [6.45, 7) is 2.81. The molecule has 0 unspecified atom stereocenters. The molecule has 2 aromatic heterocycles. The molecule has 4 aromatic rings. The highest BCUT2D eigenvalue weighted by molar-refractivity contribution is 7.15. The van der Waals surface area contributed by atoms with E-state index in [1.807, 2.05) is 24.3 Å². The Balaban J connectivity index is 1.54. The minimum absolute atomic E-state index is 0.146. The van der Waals surface area contributed by atoms with Crippen LogP contribution in [-0.2, 0) is 4.79 Å². The predicted molar refractivity (Wildman–Crippen MR) is 128 cm³/mol. The molecule has 1 aliphatic heterocycles. The molecule has 1 amide bonds. The molecule has 2 aromatic carbocycles. The molecule has 0 bridgehead atoms. The summed E-state index contributed by atoms with van der Waals surface area (Å²) in [5.41, 5.74) is 2.30. The van der Waals surface area contributed by atoms with Crippen LogP contribution in [0.1, 0.15) is 44.6 Å². The molecule has 0 saturated heterocycles. The number of hydrogen-bond donors (Lipinski definition) is 0. The number of anilines is 1. The Bertz CT molecular complexity index is 1440. The van der Waals surface area contributed by atoms with Crippen molar-refractivity contribution in [2.24, 2.45) is 0 Å². The number of unbranched alkanes of at least 4 members (excludes halogenated alkanes) is 4. The molecule has 6 nitrogen and oxygen atoms in total. The fraction of sp³-hybridized carbons (Fsp3) is 0.280. The maximum atomic E-state index is 13.4. The Kier molecular flexibility index (Phi) is 5.76. The van der Waals surface area contributed by atoms with Crippen molar-refractivity contribution in [3.05, 3.63) is 74.8 Å². The maximum absolute atomic E-state index is 13.4. The average Bonchev–Trinajstić information content (AvgIpc) is 3.45. The van der Waals surface area contributed by atoms with Gasteiger partial charge in [0.2, 0.25) is 4.96 Å². The van der Waals surface area contributed by atoms with Gasteiger partial charge in [0, 0.05) is 17.7 Å². The van der Waals surface area contributed by atoms with E-state index in [-0.39, 0.29) is 17.3 Å². The lowest BCUT2D eigenvalue weighted by atomic mass is 10.1. The number of nitrogens with zero attached hydrogens (tertiary/aromatic N) is 4. The van der Waals surface area contributed by atoms with E-state index >= 15 is 0 Å². The van der Waals surface area contributed by atoms with Gasteiger partial charge < -0.3 is 4.90 Å². The van der Waals surface area contributed by atoms with Gasteiger partial charge in [-0.1, -0.05) is 62.1 Å². The summed E-state index contributed by atoms with van der Waals surface area (Å²) in [6.07, 6.45) is 5.53. The van der Waals surface area contributed by atoms with Crippen molar-refractivity contribution in [3.63, 3.8) is 0 Å². The average molecular weight is 463 g/mol. The van der Waals surface area contributed by atoms with Crippen LogP contribution in [0.3, 0.4) is 0 Å². The third-order valence-electron chi connectivity index (χ3n) is 5.90. The number of carbonyl (C=O) groups is 1. The van der Waals surface area contributed by atoms with Crippen LogP contribution in [-0.4, -0.2) is 27.0 Å². The van der Waals surface area contributed by atoms with Crippen LogP contribution < -0.4 is 15.0 Å². The molecule has 5 rings (SSSR count). The molecule has 0 fully saturated rings. The fourth-order valence-electron chi connectivity index (χ4n) is 4.20. The molecule has 33 heavy (non-hydrogen) atoms. The fourth-order valence-corrected chi connectivity index (χ4v) is 5.20. The van der Waals surface area contributed by atoms with Crippen LogP contribution >= 0.6 is 11.3 Å². The van der Waals surface area contributed by atoms with Crippen molar-refractivity contribution in [1.29, 1.82) is 0 Å². The second-order valence-electron chi connectivity index (χ2n) is 8.14. The molecule has 168 valence electrons. The van der Waals surface area contributed by atoms with Gasteiger partial charge >= 0.3 is 0 Å². The zero-order valence-electron chi connectivity index (χ0n) is 18.3. The van der Waals surface area contributed by atoms with Gasteiger partial charge in [-0.3, -0.25) is 9.59 Å². The van der Waals surface area contributed by atoms with Gasteiger partial charge in [0.15, 0.2) is 5.82 Å². The van der Waals surface area contributed by atoms with Gasteiger partial charge in [-0.25, -0.2) is 4.39 Å². The van der Waals surface area contributed by atoms with Crippen LogP contribution in [0.2, 0.25) is 0 Å². The van der Waals surface area contributed by atoms with Crippen LogP contribution in [0.25, 0.3) is 21.9 Å². The number of carbonyl (C=O) groups excluding carboxylic acids is 1. The van der Waals surface area contributed by atoms with E-state index in [2.05, 4.69) is 17.0 Å². The summed E-state index contributed by atoms with van der Waals surface area (Å²) in [7, 11) is 0. The molecule has 8 heteroatoms. The van der Waals surface area contributed by atoms with E-state index < -0.39 is 0 Å². The van der Waals surface area contributed by atoms with Gasteiger partial charge in [0.05, 0.1) is 11.3 Å². The summed E-state index contributed by atoms with van der Waals surface area (Å²) in [6, 6.07) is 13.4. The van der Waals surface area contributed by atoms with E-state index in [4.69, 9.17) is 0 Å². The number of aromatic nitrogens is 3. The monoisotopic (exact) mass is 462 g/mol. The Morgan fingerprint density at radius 1 is 0.970 bits per heavy atom. The number of hydrogen-bond acceptors (Lipinski definition) is 5. The van der Waals surface area contributed by atoms with Crippen molar-refractivity contribution in [1.82, 2.24) is 14.6 Å². The highest BCUT2D eigenvalue weighted by atomic mass is 32.1. The van der Waals surface area contributed by atoms with Crippen molar-refractivity contribution in [3.8, 4) is 11.4 Å². The number of fused-ring (bicyclic) bond motifs is 2. The summed E-state index contributed by atoms with van der Waals surface area (Å²) >= 11 is 1.16. The first-order valence-electron chi connectivity index (χ1n) is 11.2. The normalized spacial score (nSPS) is 15.0. The Hall–Kier alpha value is -3.39. The Morgan fingerprint density at radius 2 is 1.73 bits per heavy atom. The number of para-hydroxylation sites is 1. The zero-order chi connectivity index (χ0) is 22.9. The van der Waals surface area contributed by atoms with Gasteiger partial charge in [-0.2, -0.15) is 9.50 Å². The van der Waals surface area contributed by atoms with Crippen LogP contribution in [0, 0.1) is 5.82 Å². The number of amides is 1. The highest BCUT2D eigenvalue weighted by Gasteiger charge is 2.33. The van der Waals surface area contributed by atoms with E-state index in [0.717, 1.165) is 41.9 Å². The maximum Gasteiger partial charge on any atom is 0.291 e. The molecular formula is C25H23FN4O2S. The molecule has 0 N–H and O–H groups in total. The molecular weight excluding hydrogens is 439 g/mol. The van der Waals surface area contributed by atoms with E-state index in [9.17, 15) is 14.0 Å². The lowest BCUT2D eigenvalue weighted by Crippen LogP contribution is -2.33. The zero-order valence-corrected chi connectivity index (χ0v) is 19.1. The van der Waals surface area contributed by atoms with Gasteiger partial charge in [-0.15, -0.1) is 5.10 Å². The molecule has 0 spiro atoms. The molecule has 3 heterocycles. The van der Waals surface area contributed by atoms with E-state index in [1.54, 1.807) is 17.0 Å². The summed E-state index contributed by atoms with van der Waals surface area (Å²) in [5, 5.41) is 4.33. The molecule has 0 aliphatic carbocycles. The Morgan fingerprint density at radius 3 is 2.48 bits per heavy atom. The smallest absolute Gasteiger partial charge is 0.291 e. The Labute approximate surface area is 194 Å². The minimum Gasteiger partial charge on any atom is -0.308 e. The second kappa shape index (κ2) is 8.86. The second-order valence-corrected chi connectivity index (χ2v) is 9.11. The standard InChI is InChI=1S/C25H23FN4O2S/c1-2-3-4-5-8-15-29-19-10-7-6-9-18(19)20(23(29)31)21-24(32)30-25(33-21)27-22(28-30)16-11-13-17(26)14-12-16/h6-7,9-14H,2-5,8,15H2,1H3. The molecule has 0 radical (unpaired) electrons. The van der Waals surface area contributed by atoms with Crippen molar-refractivity contribution in [2.75, 3.05) is 11.4 Å². The predicted octanol–water partition coefficient (Wildman–Crippen LogP) is 4.19. The first-order chi connectivity index (χ1) is 16.1. The van der Waals surface area contributed by atoms with Crippen LogP contribution in [0.5, 0.6) is 0 Å². The third-order valence-corrected chi connectivity index (χ3v) is 6.93. The topological polar surface area (TPSA) is 67.6 Å². The van der Waals surface area contributed by atoms with E-state index in [0.29, 0.717) is 33.0 Å². The van der Waals surface area contributed by atoms with Crippen LogP contribution in [0.15, 0.2) is 53.3 Å². The number of thiazole rings is 1. The third kappa shape index (κ3) is 3.84. The first-order valence-corrected chi connectivity index (χ1v) is 12.0. The molecule has 0 saturated carbocycles. The first kappa shape index (κ1) is 21.5. The van der Waals surface area contributed by atoms with Crippen LogP contribution in [0.4, 0.5) is 10.1 Å². The highest BCUT2D eigenvalue weighted by Crippen LogP contribution is 2.35. The number of halogens is 1. The minimum atomic E-state index is -0.362. The quantitative estimate of drug-likeness (QED) is 0.386. The van der Waals surface area contributed by atoms with Gasteiger partial charge in [-0.05, 0) is 36.8 Å². The SMILES string of the molecule is CCCCCCCN1C(=O)C(=c2sc3nc(-c4ccc(F)cc4)nn3c2=O)c2ccccc21. The van der Waals surface area contributed by atoms with Crippen molar-refractivity contribution in [2.45, 2.75) is 39.0 Å². The van der Waals surface area contributed by atoms with Crippen molar-refractivity contribution < 1.29 is 9.18 Å². The summed E-state index contributed by atoms with van der Waals surface area (Å²) in [4.78, 5) is 33.3. The largest absolute Gasteiger partial charge is 0.308 e. The summed E-state index contributed by atoms with van der Waals surface area (Å²) in [5.74, 6) is -0.148. The number of rotatable bonds is 7. The lowest BCUT2D eigenvalue weighted by molar-refractivity contribution is -0.113. The van der Waals surface area contributed by atoms with E-state index in [1.165, 1.54) is 29.5 Å². The van der Waals surface area contributed by atoms with Gasteiger partial charge in [0.25, 0.3) is 11.5 Å².